The molecule has 0 saturated heterocycles. The van der Waals surface area contributed by atoms with E-state index in [0.29, 0.717) is 38.4 Å². The Morgan fingerprint density at radius 1 is 1.15 bits per heavy atom. The number of hydrogen-bond acceptors (Lipinski definition) is 4. The highest BCUT2D eigenvalue weighted by Crippen LogP contribution is 2.29. The fourth-order valence-electron chi connectivity index (χ4n) is 2.54. The molecule has 0 aliphatic carbocycles. The Balaban J connectivity index is 1.64. The average molecular weight is 387 g/mol. The second-order valence-corrected chi connectivity index (χ2v) is 6.44. The molecule has 3 heterocycles. The van der Waals surface area contributed by atoms with E-state index in [1.54, 1.807) is 36.0 Å². The number of nitrogens with zero attached hydrogens (tertiary/aromatic N) is 3. The number of benzene rings is 1. The molecule has 0 spiro atoms. The van der Waals surface area contributed by atoms with Gasteiger partial charge in [0.1, 0.15) is 22.7 Å². The summed E-state index contributed by atoms with van der Waals surface area (Å²) in [7, 11) is 1.73. The Hall–Kier alpha value is -2.83. The SMILES string of the molecule is Cn1ncc2c(=O)[nH]c(/C=C/c3ccc(-c4ccc(Cl)c(Cl)c4)o3)nc21. The second kappa shape index (κ2) is 6.48. The predicted molar refractivity (Wildman–Crippen MR) is 102 cm³/mol. The van der Waals surface area contributed by atoms with Crippen molar-refractivity contribution in [3.8, 4) is 11.3 Å². The molecule has 4 rings (SSSR count). The molecule has 0 aliphatic rings. The summed E-state index contributed by atoms with van der Waals surface area (Å²) in [4.78, 5) is 19.1. The number of H-pyrrole nitrogens is 1. The maximum atomic E-state index is 12.0. The van der Waals surface area contributed by atoms with Crippen LogP contribution in [0.5, 0.6) is 0 Å². The highest BCUT2D eigenvalue weighted by molar-refractivity contribution is 6.42. The van der Waals surface area contributed by atoms with E-state index in [4.69, 9.17) is 27.6 Å². The summed E-state index contributed by atoms with van der Waals surface area (Å²) in [6.07, 6.45) is 4.89. The summed E-state index contributed by atoms with van der Waals surface area (Å²) >= 11 is 12.0. The number of hydrogen-bond donors (Lipinski definition) is 1. The number of halogens is 2. The second-order valence-electron chi connectivity index (χ2n) is 5.62. The van der Waals surface area contributed by atoms with E-state index in [1.165, 1.54) is 6.20 Å². The Morgan fingerprint density at radius 2 is 2.00 bits per heavy atom. The maximum absolute atomic E-state index is 12.0. The summed E-state index contributed by atoms with van der Waals surface area (Å²) in [5, 5.41) is 5.44. The zero-order valence-corrected chi connectivity index (χ0v) is 15.0. The van der Waals surface area contributed by atoms with Gasteiger partial charge in [0.15, 0.2) is 5.65 Å². The number of nitrogens with one attached hydrogen (secondary N) is 1. The fourth-order valence-corrected chi connectivity index (χ4v) is 2.83. The molecule has 3 aromatic heterocycles. The number of aryl methyl sites for hydroxylation is 1. The molecular weight excluding hydrogens is 375 g/mol. The minimum Gasteiger partial charge on any atom is -0.457 e. The van der Waals surface area contributed by atoms with Crippen molar-refractivity contribution in [2.24, 2.45) is 7.05 Å². The van der Waals surface area contributed by atoms with Gasteiger partial charge in [-0.25, -0.2) is 4.98 Å². The van der Waals surface area contributed by atoms with Crippen LogP contribution in [0.25, 0.3) is 34.5 Å². The van der Waals surface area contributed by atoms with Crippen molar-refractivity contribution in [1.82, 2.24) is 19.7 Å². The number of aromatic amines is 1. The van der Waals surface area contributed by atoms with Gasteiger partial charge in [0.25, 0.3) is 5.56 Å². The summed E-state index contributed by atoms with van der Waals surface area (Å²) in [6.45, 7) is 0. The number of rotatable bonds is 3. The van der Waals surface area contributed by atoms with E-state index < -0.39 is 0 Å². The van der Waals surface area contributed by atoms with Gasteiger partial charge in [-0.3, -0.25) is 9.48 Å². The molecule has 0 saturated carbocycles. The largest absolute Gasteiger partial charge is 0.457 e. The highest BCUT2D eigenvalue weighted by Gasteiger charge is 2.08. The molecular formula is C18H12Cl2N4O2. The van der Waals surface area contributed by atoms with Crippen LogP contribution in [0.4, 0.5) is 0 Å². The molecule has 6 nitrogen and oxygen atoms in total. The Morgan fingerprint density at radius 3 is 2.81 bits per heavy atom. The smallest absolute Gasteiger partial charge is 0.262 e. The molecule has 0 fully saturated rings. The minimum atomic E-state index is -0.237. The van der Waals surface area contributed by atoms with Gasteiger partial charge in [-0.15, -0.1) is 0 Å². The Kier molecular flexibility index (Phi) is 4.14. The van der Waals surface area contributed by atoms with E-state index in [-0.39, 0.29) is 5.56 Å². The lowest BCUT2D eigenvalue weighted by Gasteiger charge is -1.99. The summed E-state index contributed by atoms with van der Waals surface area (Å²) in [5.74, 6) is 1.68. The quantitative estimate of drug-likeness (QED) is 0.566. The zero-order valence-electron chi connectivity index (χ0n) is 13.5. The van der Waals surface area contributed by atoms with Gasteiger partial charge in [0.2, 0.25) is 0 Å². The summed E-state index contributed by atoms with van der Waals surface area (Å²) in [6, 6.07) is 8.94. The average Bonchev–Trinajstić information content (AvgIpc) is 3.23. The summed E-state index contributed by atoms with van der Waals surface area (Å²) < 4.78 is 7.34. The first-order valence-corrected chi connectivity index (χ1v) is 8.42. The van der Waals surface area contributed by atoms with Crippen LogP contribution < -0.4 is 5.56 Å². The van der Waals surface area contributed by atoms with Gasteiger partial charge in [-0.2, -0.15) is 5.10 Å². The van der Waals surface area contributed by atoms with Crippen LogP contribution in [0.2, 0.25) is 10.0 Å². The van der Waals surface area contributed by atoms with Gasteiger partial charge < -0.3 is 9.40 Å². The molecule has 0 bridgehead atoms. The monoisotopic (exact) mass is 386 g/mol. The van der Waals surface area contributed by atoms with Crippen LogP contribution in [0, 0.1) is 0 Å². The lowest BCUT2D eigenvalue weighted by molar-refractivity contribution is 0.572. The van der Waals surface area contributed by atoms with Crippen LogP contribution in [0.15, 0.2) is 45.7 Å². The Labute approximate surface area is 157 Å². The molecule has 0 radical (unpaired) electrons. The lowest BCUT2D eigenvalue weighted by Crippen LogP contribution is -2.09. The third-order valence-corrected chi connectivity index (χ3v) is 4.60. The van der Waals surface area contributed by atoms with Gasteiger partial charge >= 0.3 is 0 Å². The van der Waals surface area contributed by atoms with E-state index in [9.17, 15) is 4.79 Å². The van der Waals surface area contributed by atoms with Crippen LogP contribution in [0.3, 0.4) is 0 Å². The van der Waals surface area contributed by atoms with E-state index in [0.717, 1.165) is 5.56 Å². The van der Waals surface area contributed by atoms with E-state index in [1.807, 2.05) is 18.2 Å². The van der Waals surface area contributed by atoms with Crippen LogP contribution in [-0.4, -0.2) is 19.7 Å². The van der Waals surface area contributed by atoms with Crippen molar-refractivity contribution >= 4 is 46.4 Å². The molecule has 0 unspecified atom stereocenters. The van der Waals surface area contributed by atoms with Gasteiger partial charge in [-0.05, 0) is 42.5 Å². The summed E-state index contributed by atoms with van der Waals surface area (Å²) in [5.41, 5.74) is 1.10. The van der Waals surface area contributed by atoms with E-state index in [2.05, 4.69) is 15.1 Å². The maximum Gasteiger partial charge on any atom is 0.262 e. The number of furan rings is 1. The topological polar surface area (TPSA) is 76.7 Å². The van der Waals surface area contributed by atoms with Crippen molar-refractivity contribution in [2.75, 3.05) is 0 Å². The molecule has 8 heteroatoms. The molecule has 130 valence electrons. The van der Waals surface area contributed by atoms with Crippen molar-refractivity contribution < 1.29 is 4.42 Å². The highest BCUT2D eigenvalue weighted by atomic mass is 35.5. The van der Waals surface area contributed by atoms with Gasteiger partial charge in [0, 0.05) is 12.6 Å². The Bertz CT molecular complexity index is 1200. The van der Waals surface area contributed by atoms with Crippen molar-refractivity contribution in [3.63, 3.8) is 0 Å². The molecule has 26 heavy (non-hydrogen) atoms. The number of fused-ring (bicyclic) bond motifs is 1. The molecule has 0 amide bonds. The van der Waals surface area contributed by atoms with Crippen molar-refractivity contribution in [3.05, 3.63) is 68.5 Å². The lowest BCUT2D eigenvalue weighted by atomic mass is 10.2. The van der Waals surface area contributed by atoms with Crippen LogP contribution in [-0.2, 0) is 7.05 Å². The standard InChI is InChI=1S/C18H12Cl2N4O2/c1-24-17-12(9-21-24)18(25)23-16(22-17)7-4-11-3-6-15(26-11)10-2-5-13(19)14(20)8-10/h2-9H,1H3,(H,22,23,25)/b7-4+. The first-order valence-electron chi connectivity index (χ1n) is 7.66. The third kappa shape index (κ3) is 3.05. The van der Waals surface area contributed by atoms with Gasteiger partial charge in [-0.1, -0.05) is 23.2 Å². The molecule has 1 aromatic carbocycles. The van der Waals surface area contributed by atoms with Gasteiger partial charge in [0.05, 0.1) is 16.2 Å². The molecule has 0 aliphatic heterocycles. The third-order valence-electron chi connectivity index (χ3n) is 3.86. The molecule has 1 N–H and O–H groups in total. The van der Waals surface area contributed by atoms with Crippen molar-refractivity contribution in [2.45, 2.75) is 0 Å². The van der Waals surface area contributed by atoms with Crippen LogP contribution in [0.1, 0.15) is 11.6 Å². The molecule has 0 atom stereocenters. The predicted octanol–water partition coefficient (Wildman–Crippen LogP) is 4.39. The zero-order chi connectivity index (χ0) is 18.3. The first-order chi connectivity index (χ1) is 12.5. The normalized spacial score (nSPS) is 11.7. The fraction of sp³-hybridized carbons (Fsp3) is 0.0556. The van der Waals surface area contributed by atoms with E-state index >= 15 is 0 Å². The minimum absolute atomic E-state index is 0.237. The van der Waals surface area contributed by atoms with Crippen molar-refractivity contribution in [1.29, 1.82) is 0 Å². The van der Waals surface area contributed by atoms with Crippen LogP contribution >= 0.6 is 23.2 Å². The molecule has 4 aromatic rings. The first kappa shape index (κ1) is 16.6. The number of aromatic nitrogens is 4.